The fourth-order valence-electron chi connectivity index (χ4n) is 4.04. The fourth-order valence-corrected chi connectivity index (χ4v) is 4.04. The molecule has 0 bridgehead atoms. The number of carbonyl (C=O) groups excluding carboxylic acids is 2. The van der Waals surface area contributed by atoms with Crippen molar-refractivity contribution in [2.75, 3.05) is 11.1 Å². The molecule has 0 saturated heterocycles. The third kappa shape index (κ3) is 5.01. The maximum Gasteiger partial charge on any atom is 0.251 e. The number of hydrogen-bond acceptors (Lipinski definition) is 6. The molecule has 0 aliphatic rings. The zero-order valence-electron chi connectivity index (χ0n) is 20.4. The van der Waals surface area contributed by atoms with Crippen LogP contribution in [0, 0.1) is 6.92 Å². The van der Waals surface area contributed by atoms with Gasteiger partial charge in [0.1, 0.15) is 11.3 Å². The number of nitrogens with one attached hydrogen (secondary N) is 2. The molecule has 0 radical (unpaired) electrons. The fraction of sp³-hybridized carbons (Fsp3) is 0.107. The van der Waals surface area contributed by atoms with Crippen LogP contribution >= 0.6 is 0 Å². The minimum Gasteiger partial charge on any atom is -0.383 e. The van der Waals surface area contributed by atoms with Crippen molar-refractivity contribution in [2.24, 2.45) is 0 Å². The largest absolute Gasteiger partial charge is 0.383 e. The summed E-state index contributed by atoms with van der Waals surface area (Å²) in [5, 5.41) is 5.61. The maximum absolute atomic E-state index is 12.6. The molecule has 0 atom stereocenters. The summed E-state index contributed by atoms with van der Waals surface area (Å²) in [6.07, 6.45) is 1.65. The number of anilines is 2. The van der Waals surface area contributed by atoms with Gasteiger partial charge in [-0.2, -0.15) is 0 Å². The van der Waals surface area contributed by atoms with Crippen molar-refractivity contribution in [1.82, 2.24) is 24.8 Å². The molecule has 0 aliphatic heterocycles. The molecule has 2 aromatic carbocycles. The van der Waals surface area contributed by atoms with E-state index in [1.54, 1.807) is 30.5 Å². The van der Waals surface area contributed by atoms with E-state index in [0.29, 0.717) is 29.4 Å². The van der Waals surface area contributed by atoms with Crippen LogP contribution in [0.3, 0.4) is 0 Å². The highest BCUT2D eigenvalue weighted by Crippen LogP contribution is 2.30. The Labute approximate surface area is 213 Å². The molecule has 37 heavy (non-hydrogen) atoms. The quantitative estimate of drug-likeness (QED) is 0.326. The summed E-state index contributed by atoms with van der Waals surface area (Å²) in [6, 6.07) is 22.2. The Kier molecular flexibility index (Phi) is 6.34. The Morgan fingerprint density at radius 1 is 0.946 bits per heavy atom. The van der Waals surface area contributed by atoms with Gasteiger partial charge in [0.15, 0.2) is 11.5 Å². The number of aryl methyl sites for hydroxylation is 1. The lowest BCUT2D eigenvalue weighted by atomic mass is 10.1. The Hall–Kier alpha value is -5.05. The molecule has 0 fully saturated rings. The number of amides is 2. The van der Waals surface area contributed by atoms with Gasteiger partial charge >= 0.3 is 0 Å². The third-order valence-electron chi connectivity index (χ3n) is 5.84. The molecule has 3 aromatic heterocycles. The first-order valence-corrected chi connectivity index (χ1v) is 11.7. The average Bonchev–Trinajstić information content (AvgIpc) is 3.26. The predicted molar refractivity (Wildman–Crippen MR) is 143 cm³/mol. The SMILES string of the molecule is CC(=O)Nc1ccc(C(=O)NCc2ccc(-n3c(-c4cccnc4N)nc4ccc(C)nc43)cc2)cc1. The van der Waals surface area contributed by atoms with E-state index in [1.807, 2.05) is 60.0 Å². The number of pyridine rings is 2. The van der Waals surface area contributed by atoms with Crippen LogP contribution in [0.5, 0.6) is 0 Å². The van der Waals surface area contributed by atoms with E-state index in [2.05, 4.69) is 15.6 Å². The smallest absolute Gasteiger partial charge is 0.251 e. The number of nitrogen functional groups attached to an aromatic ring is 1. The molecule has 0 aliphatic carbocycles. The van der Waals surface area contributed by atoms with Crippen molar-refractivity contribution in [2.45, 2.75) is 20.4 Å². The van der Waals surface area contributed by atoms with Crippen molar-refractivity contribution >= 4 is 34.5 Å². The molecule has 184 valence electrons. The number of rotatable bonds is 6. The molecule has 4 N–H and O–H groups in total. The number of hydrogen-bond donors (Lipinski definition) is 3. The highest BCUT2D eigenvalue weighted by atomic mass is 16.2. The Morgan fingerprint density at radius 3 is 2.41 bits per heavy atom. The highest BCUT2D eigenvalue weighted by Gasteiger charge is 2.18. The van der Waals surface area contributed by atoms with E-state index < -0.39 is 0 Å². The van der Waals surface area contributed by atoms with Crippen molar-refractivity contribution in [3.63, 3.8) is 0 Å². The van der Waals surface area contributed by atoms with Crippen molar-refractivity contribution in [3.05, 3.63) is 95.8 Å². The number of fused-ring (bicyclic) bond motifs is 1. The Bertz CT molecular complexity index is 1610. The van der Waals surface area contributed by atoms with Gasteiger partial charge in [-0.05, 0) is 73.2 Å². The van der Waals surface area contributed by atoms with E-state index in [4.69, 9.17) is 15.7 Å². The number of nitrogens with two attached hydrogens (primary N) is 1. The molecule has 0 spiro atoms. The topological polar surface area (TPSA) is 128 Å². The Balaban J connectivity index is 1.39. The van der Waals surface area contributed by atoms with Gasteiger partial charge in [0.25, 0.3) is 5.91 Å². The van der Waals surface area contributed by atoms with Crippen molar-refractivity contribution in [1.29, 1.82) is 0 Å². The molecular weight excluding hydrogens is 466 g/mol. The van der Waals surface area contributed by atoms with Crippen LogP contribution in [0.4, 0.5) is 11.5 Å². The van der Waals surface area contributed by atoms with E-state index in [1.165, 1.54) is 6.92 Å². The second-order valence-electron chi connectivity index (χ2n) is 8.61. The summed E-state index contributed by atoms with van der Waals surface area (Å²) < 4.78 is 1.97. The van der Waals surface area contributed by atoms with Gasteiger partial charge in [-0.3, -0.25) is 14.2 Å². The van der Waals surface area contributed by atoms with Crippen LogP contribution in [-0.4, -0.2) is 31.3 Å². The van der Waals surface area contributed by atoms with Crippen LogP contribution in [0.25, 0.3) is 28.2 Å². The monoisotopic (exact) mass is 491 g/mol. The number of nitrogens with zero attached hydrogens (tertiary/aromatic N) is 4. The van der Waals surface area contributed by atoms with Crippen molar-refractivity contribution < 1.29 is 9.59 Å². The van der Waals surface area contributed by atoms with Crippen LogP contribution in [0.1, 0.15) is 28.5 Å². The van der Waals surface area contributed by atoms with Gasteiger partial charge in [0, 0.05) is 42.3 Å². The molecule has 5 rings (SSSR count). The van der Waals surface area contributed by atoms with Crippen LogP contribution in [0.2, 0.25) is 0 Å². The van der Waals surface area contributed by atoms with Crippen molar-refractivity contribution in [3.8, 4) is 17.1 Å². The first-order chi connectivity index (χ1) is 17.9. The highest BCUT2D eigenvalue weighted by molar-refractivity contribution is 5.95. The summed E-state index contributed by atoms with van der Waals surface area (Å²) in [4.78, 5) is 37.5. The molecule has 9 nitrogen and oxygen atoms in total. The summed E-state index contributed by atoms with van der Waals surface area (Å²) in [7, 11) is 0. The summed E-state index contributed by atoms with van der Waals surface area (Å²) in [5.41, 5.74) is 12.2. The minimum absolute atomic E-state index is 0.161. The van der Waals surface area contributed by atoms with E-state index >= 15 is 0 Å². The first-order valence-electron chi connectivity index (χ1n) is 11.7. The first kappa shape index (κ1) is 23.7. The number of aromatic nitrogens is 4. The van der Waals surface area contributed by atoms with Gasteiger partial charge in [-0.15, -0.1) is 0 Å². The van der Waals surface area contributed by atoms with E-state index in [9.17, 15) is 9.59 Å². The van der Waals surface area contributed by atoms with E-state index in [0.717, 1.165) is 33.7 Å². The third-order valence-corrected chi connectivity index (χ3v) is 5.84. The summed E-state index contributed by atoms with van der Waals surface area (Å²) >= 11 is 0. The normalized spacial score (nSPS) is 10.9. The van der Waals surface area contributed by atoms with Crippen LogP contribution < -0.4 is 16.4 Å². The second-order valence-corrected chi connectivity index (χ2v) is 8.61. The standard InChI is InChI=1S/C28H25N7O2/c1-17-5-14-24-27(32-17)35(26(34-24)23-4-3-15-30-25(23)29)22-12-6-19(7-13-22)16-31-28(37)20-8-10-21(11-9-20)33-18(2)36/h3-15H,16H2,1-2H3,(H2,29,30)(H,31,37)(H,33,36). The van der Waals surface area contributed by atoms with Gasteiger partial charge in [0.05, 0.1) is 5.56 Å². The predicted octanol–water partition coefficient (Wildman–Crippen LogP) is 4.26. The number of carbonyl (C=O) groups is 2. The second kappa shape index (κ2) is 9.90. The van der Waals surface area contributed by atoms with E-state index in [-0.39, 0.29) is 11.8 Å². The van der Waals surface area contributed by atoms with Gasteiger partial charge in [-0.1, -0.05) is 12.1 Å². The lowest BCUT2D eigenvalue weighted by Gasteiger charge is -2.12. The lowest BCUT2D eigenvalue weighted by Crippen LogP contribution is -2.22. The lowest BCUT2D eigenvalue weighted by molar-refractivity contribution is -0.114. The Morgan fingerprint density at radius 2 is 1.70 bits per heavy atom. The zero-order chi connectivity index (χ0) is 25.9. The molecule has 0 saturated carbocycles. The molecule has 2 amide bonds. The molecular formula is C28H25N7O2. The minimum atomic E-state index is -0.201. The van der Waals surface area contributed by atoms with Gasteiger partial charge < -0.3 is 16.4 Å². The van der Waals surface area contributed by atoms with Crippen LogP contribution in [0.15, 0.2) is 79.0 Å². The summed E-state index contributed by atoms with van der Waals surface area (Å²) in [6.45, 7) is 3.74. The molecule has 0 unspecified atom stereocenters. The number of imidazole rings is 1. The summed E-state index contributed by atoms with van der Waals surface area (Å²) in [5.74, 6) is 0.682. The molecule has 5 aromatic rings. The van der Waals surface area contributed by atoms with Crippen LogP contribution in [-0.2, 0) is 11.3 Å². The molecule has 3 heterocycles. The maximum atomic E-state index is 12.6. The van der Waals surface area contributed by atoms with Gasteiger partial charge in [0.2, 0.25) is 5.91 Å². The number of benzene rings is 2. The molecule has 9 heteroatoms. The average molecular weight is 492 g/mol. The van der Waals surface area contributed by atoms with Gasteiger partial charge in [-0.25, -0.2) is 15.0 Å². The zero-order valence-corrected chi connectivity index (χ0v) is 20.4.